The van der Waals surface area contributed by atoms with Crippen LogP contribution in [0.5, 0.6) is 0 Å². The molecule has 0 aromatic heterocycles. The van der Waals surface area contributed by atoms with Crippen LogP contribution in [0.1, 0.15) is 35.2 Å². The van der Waals surface area contributed by atoms with Gasteiger partial charge in [0.25, 0.3) is 5.91 Å². The summed E-state index contributed by atoms with van der Waals surface area (Å²) in [6.45, 7) is 1.32. The molecule has 2 amide bonds. The summed E-state index contributed by atoms with van der Waals surface area (Å²) in [4.78, 5) is 25.4. The highest BCUT2D eigenvalue weighted by atomic mass is 32.1. The van der Waals surface area contributed by atoms with Crippen molar-refractivity contribution in [3.63, 3.8) is 0 Å². The molecule has 0 atom stereocenters. The molecule has 2 rings (SSSR count). The number of benzene rings is 1. The molecule has 1 aliphatic rings. The zero-order valence-corrected chi connectivity index (χ0v) is 12.6. The summed E-state index contributed by atoms with van der Waals surface area (Å²) in [5.74, 6) is 0.0265. The summed E-state index contributed by atoms with van der Waals surface area (Å²) in [7, 11) is 0. The van der Waals surface area contributed by atoms with E-state index in [1.54, 1.807) is 24.3 Å². The predicted molar refractivity (Wildman–Crippen MR) is 84.8 cm³/mol. The van der Waals surface area contributed by atoms with Crippen LogP contribution in [0.4, 0.5) is 0 Å². The van der Waals surface area contributed by atoms with E-state index in [9.17, 15) is 9.59 Å². The average molecular weight is 305 g/mol. The normalized spacial score (nSPS) is 15.7. The number of nitrogens with two attached hydrogens (primary N) is 2. The van der Waals surface area contributed by atoms with E-state index in [2.05, 4.69) is 0 Å². The summed E-state index contributed by atoms with van der Waals surface area (Å²) in [6.07, 6.45) is 2.05. The molecule has 0 unspecified atom stereocenters. The van der Waals surface area contributed by atoms with Crippen molar-refractivity contribution >= 4 is 29.0 Å². The monoisotopic (exact) mass is 305 g/mol. The number of rotatable bonds is 4. The van der Waals surface area contributed by atoms with E-state index in [4.69, 9.17) is 23.7 Å². The minimum atomic E-state index is -0.270. The van der Waals surface area contributed by atoms with Crippen LogP contribution in [0.15, 0.2) is 24.3 Å². The van der Waals surface area contributed by atoms with Gasteiger partial charge in [-0.3, -0.25) is 9.59 Å². The van der Waals surface area contributed by atoms with Crippen LogP contribution in [0.3, 0.4) is 0 Å². The highest BCUT2D eigenvalue weighted by Gasteiger charge is 2.24. The van der Waals surface area contributed by atoms with Crippen molar-refractivity contribution in [1.29, 1.82) is 0 Å². The fraction of sp³-hybridized carbons (Fsp3) is 0.400. The molecule has 5 nitrogen and oxygen atoms in total. The van der Waals surface area contributed by atoms with Crippen molar-refractivity contribution in [3.8, 4) is 0 Å². The molecular weight excluding hydrogens is 286 g/mol. The molecule has 112 valence electrons. The first kappa shape index (κ1) is 15.4. The second-order valence-corrected chi connectivity index (χ2v) is 5.79. The van der Waals surface area contributed by atoms with Gasteiger partial charge in [-0.2, -0.15) is 0 Å². The van der Waals surface area contributed by atoms with Crippen LogP contribution in [0.2, 0.25) is 0 Å². The number of thiocarbonyl (C=S) groups is 1. The Labute approximate surface area is 129 Å². The van der Waals surface area contributed by atoms with Crippen LogP contribution in [-0.4, -0.2) is 34.8 Å². The van der Waals surface area contributed by atoms with E-state index < -0.39 is 0 Å². The second-order valence-electron chi connectivity index (χ2n) is 5.35. The molecule has 0 spiro atoms. The maximum Gasteiger partial charge on any atom is 0.253 e. The summed E-state index contributed by atoms with van der Waals surface area (Å²) >= 11 is 4.89. The van der Waals surface area contributed by atoms with Crippen LogP contribution in [-0.2, 0) is 4.79 Å². The van der Waals surface area contributed by atoms with Gasteiger partial charge in [-0.1, -0.05) is 24.4 Å². The van der Waals surface area contributed by atoms with Gasteiger partial charge in [0.05, 0.1) is 0 Å². The number of nitrogens with zero attached hydrogens (tertiary/aromatic N) is 1. The number of piperidine rings is 1. The molecule has 21 heavy (non-hydrogen) atoms. The SMILES string of the molecule is NC(=O)CC1CCN(C(=O)c2ccc(C(N)=S)cc2)CC1. The first-order valence-electron chi connectivity index (χ1n) is 6.95. The van der Waals surface area contributed by atoms with E-state index >= 15 is 0 Å². The van der Waals surface area contributed by atoms with Crippen LogP contribution < -0.4 is 11.5 Å². The number of amides is 2. The van der Waals surface area contributed by atoms with Crippen LogP contribution in [0, 0.1) is 5.92 Å². The van der Waals surface area contributed by atoms with E-state index in [0.717, 1.165) is 18.4 Å². The lowest BCUT2D eigenvalue weighted by atomic mass is 9.93. The summed E-state index contributed by atoms with van der Waals surface area (Å²) < 4.78 is 0. The van der Waals surface area contributed by atoms with Gasteiger partial charge in [0.2, 0.25) is 5.91 Å². The summed E-state index contributed by atoms with van der Waals surface area (Å²) in [6, 6.07) is 7.00. The van der Waals surface area contributed by atoms with Crippen LogP contribution in [0.25, 0.3) is 0 Å². The lowest BCUT2D eigenvalue weighted by Crippen LogP contribution is -2.39. The van der Waals surface area contributed by atoms with Crippen LogP contribution >= 0.6 is 12.2 Å². The fourth-order valence-corrected chi connectivity index (χ4v) is 2.72. The smallest absolute Gasteiger partial charge is 0.253 e. The standard InChI is InChI=1S/C15H19N3O2S/c16-13(19)9-10-5-7-18(8-6-10)15(20)12-3-1-11(2-4-12)14(17)21/h1-4,10H,5-9H2,(H2,16,19)(H2,17,21). The van der Waals surface area contributed by atoms with E-state index in [1.165, 1.54) is 0 Å². The average Bonchev–Trinajstić information content (AvgIpc) is 2.47. The number of primary amides is 1. The highest BCUT2D eigenvalue weighted by molar-refractivity contribution is 7.80. The lowest BCUT2D eigenvalue weighted by molar-refractivity contribution is -0.119. The molecule has 0 aliphatic carbocycles. The Morgan fingerprint density at radius 1 is 1.10 bits per heavy atom. The van der Waals surface area contributed by atoms with Crippen molar-refractivity contribution in [2.45, 2.75) is 19.3 Å². The number of hydrogen-bond donors (Lipinski definition) is 2. The number of carbonyl (C=O) groups excluding carboxylic acids is 2. The fourth-order valence-electron chi connectivity index (χ4n) is 2.58. The molecule has 1 aromatic carbocycles. The Morgan fingerprint density at radius 3 is 2.10 bits per heavy atom. The third-order valence-electron chi connectivity index (χ3n) is 3.81. The number of likely N-dealkylation sites (tertiary alicyclic amines) is 1. The van der Waals surface area contributed by atoms with E-state index in [1.807, 2.05) is 4.90 Å². The summed E-state index contributed by atoms with van der Waals surface area (Å²) in [5, 5.41) is 0. The molecule has 0 bridgehead atoms. The Kier molecular flexibility index (Phi) is 4.90. The van der Waals surface area contributed by atoms with Gasteiger partial charge in [-0.25, -0.2) is 0 Å². The molecule has 6 heteroatoms. The second kappa shape index (κ2) is 6.67. The highest BCUT2D eigenvalue weighted by Crippen LogP contribution is 2.21. The van der Waals surface area contributed by atoms with Crippen molar-refractivity contribution < 1.29 is 9.59 Å². The Bertz CT molecular complexity index is 549. The molecule has 1 saturated heterocycles. The molecule has 1 heterocycles. The minimum Gasteiger partial charge on any atom is -0.389 e. The largest absolute Gasteiger partial charge is 0.389 e. The first-order valence-corrected chi connectivity index (χ1v) is 7.35. The van der Waals surface area contributed by atoms with Gasteiger partial charge in [0.1, 0.15) is 4.99 Å². The third kappa shape index (κ3) is 4.01. The molecule has 1 fully saturated rings. The lowest BCUT2D eigenvalue weighted by Gasteiger charge is -2.31. The Morgan fingerprint density at radius 2 is 1.62 bits per heavy atom. The number of hydrogen-bond acceptors (Lipinski definition) is 3. The van der Waals surface area contributed by atoms with Gasteiger partial charge in [0.15, 0.2) is 0 Å². The Hall–Kier alpha value is -1.95. The van der Waals surface area contributed by atoms with Gasteiger partial charge in [-0.15, -0.1) is 0 Å². The zero-order chi connectivity index (χ0) is 15.4. The molecule has 1 aromatic rings. The molecule has 0 saturated carbocycles. The first-order chi connectivity index (χ1) is 9.97. The summed E-state index contributed by atoms with van der Waals surface area (Å²) in [5.41, 5.74) is 12.1. The molecule has 1 aliphatic heterocycles. The van der Waals surface area contributed by atoms with Crippen molar-refractivity contribution in [1.82, 2.24) is 4.90 Å². The van der Waals surface area contributed by atoms with Gasteiger partial charge < -0.3 is 16.4 Å². The van der Waals surface area contributed by atoms with Crippen molar-refractivity contribution in [2.75, 3.05) is 13.1 Å². The predicted octanol–water partition coefficient (Wildman–Crippen LogP) is 1.05. The number of carbonyl (C=O) groups is 2. The molecule has 4 N–H and O–H groups in total. The van der Waals surface area contributed by atoms with Crippen molar-refractivity contribution in [2.24, 2.45) is 17.4 Å². The Balaban J connectivity index is 1.95. The topological polar surface area (TPSA) is 89.4 Å². The maximum atomic E-state index is 12.4. The van der Waals surface area contributed by atoms with E-state index in [-0.39, 0.29) is 11.8 Å². The minimum absolute atomic E-state index is 0.00187. The molecule has 0 radical (unpaired) electrons. The quantitative estimate of drug-likeness (QED) is 0.814. The van der Waals surface area contributed by atoms with Gasteiger partial charge >= 0.3 is 0 Å². The van der Waals surface area contributed by atoms with Crippen molar-refractivity contribution in [3.05, 3.63) is 35.4 Å². The third-order valence-corrected chi connectivity index (χ3v) is 4.04. The van der Waals surface area contributed by atoms with E-state index in [0.29, 0.717) is 36.0 Å². The van der Waals surface area contributed by atoms with Gasteiger partial charge in [-0.05, 0) is 30.9 Å². The maximum absolute atomic E-state index is 12.4. The zero-order valence-electron chi connectivity index (χ0n) is 11.7. The molecular formula is C15H19N3O2S. The van der Waals surface area contributed by atoms with Gasteiger partial charge in [0, 0.05) is 30.6 Å².